The number of amides is 1. The maximum Gasteiger partial charge on any atom is 0.241 e. The van der Waals surface area contributed by atoms with Crippen LogP contribution in [-0.2, 0) is 4.79 Å². The second-order valence-electron chi connectivity index (χ2n) is 7.01. The lowest BCUT2D eigenvalue weighted by atomic mass is 10.0. The molecule has 6 heteroatoms. The molecule has 2 heterocycles. The molecule has 0 bridgehead atoms. The van der Waals surface area contributed by atoms with Gasteiger partial charge in [0.25, 0.3) is 0 Å². The van der Waals surface area contributed by atoms with Crippen molar-refractivity contribution in [1.82, 2.24) is 14.9 Å². The van der Waals surface area contributed by atoms with Gasteiger partial charge in [-0.3, -0.25) is 9.69 Å². The van der Waals surface area contributed by atoms with E-state index in [-0.39, 0.29) is 11.9 Å². The smallest absolute Gasteiger partial charge is 0.241 e. The van der Waals surface area contributed by atoms with E-state index in [1.165, 1.54) is 5.56 Å². The summed E-state index contributed by atoms with van der Waals surface area (Å²) in [5, 5.41) is 3.13. The zero-order valence-corrected chi connectivity index (χ0v) is 16.0. The molecule has 1 atom stereocenters. The molecule has 1 saturated heterocycles. The Balaban J connectivity index is 1.60. The fourth-order valence-corrected chi connectivity index (χ4v) is 3.53. The van der Waals surface area contributed by atoms with Crippen molar-refractivity contribution < 1.29 is 4.79 Å². The number of hydrogen-bond donors (Lipinski definition) is 1. The summed E-state index contributed by atoms with van der Waals surface area (Å²) >= 11 is 0. The van der Waals surface area contributed by atoms with E-state index < -0.39 is 0 Å². The van der Waals surface area contributed by atoms with Crippen molar-refractivity contribution in [2.75, 3.05) is 36.4 Å². The van der Waals surface area contributed by atoms with Gasteiger partial charge in [0.15, 0.2) is 0 Å². The Morgan fingerprint density at radius 3 is 2.19 bits per heavy atom. The molecule has 3 rings (SSSR count). The Morgan fingerprint density at radius 1 is 1.04 bits per heavy atom. The lowest BCUT2D eigenvalue weighted by Crippen LogP contribution is -2.53. The molecule has 138 valence electrons. The van der Waals surface area contributed by atoms with Gasteiger partial charge in [0, 0.05) is 44.3 Å². The number of carbonyl (C=O) groups is 1. The minimum Gasteiger partial charge on any atom is -0.338 e. The van der Waals surface area contributed by atoms with Crippen LogP contribution in [0.2, 0.25) is 0 Å². The van der Waals surface area contributed by atoms with Gasteiger partial charge in [0.1, 0.15) is 0 Å². The predicted molar refractivity (Wildman–Crippen MR) is 105 cm³/mol. The maximum atomic E-state index is 12.8. The zero-order valence-electron chi connectivity index (χ0n) is 16.0. The Kier molecular flexibility index (Phi) is 5.52. The van der Waals surface area contributed by atoms with Crippen molar-refractivity contribution in [3.8, 4) is 0 Å². The molecule has 1 aliphatic heterocycles. The Morgan fingerprint density at radius 2 is 1.62 bits per heavy atom. The first-order valence-electron chi connectivity index (χ1n) is 9.10. The Hall–Kier alpha value is -2.47. The summed E-state index contributed by atoms with van der Waals surface area (Å²) in [6.07, 6.45) is 3.52. The molecule has 1 aliphatic rings. The molecule has 1 N–H and O–H groups in total. The molecular weight excluding hydrogens is 326 g/mol. The van der Waals surface area contributed by atoms with Crippen LogP contribution in [0.25, 0.3) is 0 Å². The summed E-state index contributed by atoms with van der Waals surface area (Å²) in [5.41, 5.74) is 4.36. The van der Waals surface area contributed by atoms with Crippen molar-refractivity contribution in [3.05, 3.63) is 47.3 Å². The summed E-state index contributed by atoms with van der Waals surface area (Å²) in [6, 6.07) is 5.85. The predicted octanol–water partition coefficient (Wildman–Crippen LogP) is 2.55. The third-order valence-electron chi connectivity index (χ3n) is 5.00. The van der Waals surface area contributed by atoms with Gasteiger partial charge in [-0.05, 0) is 44.9 Å². The van der Waals surface area contributed by atoms with E-state index in [1.807, 2.05) is 26.8 Å². The number of hydrogen-bond acceptors (Lipinski definition) is 5. The molecule has 1 amide bonds. The third kappa shape index (κ3) is 4.02. The molecule has 6 nitrogen and oxygen atoms in total. The SMILES string of the molecule is Cc1cc(C)c(NC(=O)[C@H](C)N2CCN(c3ncccn3)CC2)c(C)c1. The first-order chi connectivity index (χ1) is 12.5. The first kappa shape index (κ1) is 18.3. The van der Waals surface area contributed by atoms with Crippen LogP contribution in [0.3, 0.4) is 0 Å². The average Bonchev–Trinajstić information content (AvgIpc) is 2.64. The summed E-state index contributed by atoms with van der Waals surface area (Å²) in [4.78, 5) is 25.8. The van der Waals surface area contributed by atoms with Crippen molar-refractivity contribution in [3.63, 3.8) is 0 Å². The highest BCUT2D eigenvalue weighted by Gasteiger charge is 2.26. The van der Waals surface area contributed by atoms with Crippen LogP contribution >= 0.6 is 0 Å². The molecule has 1 aromatic heterocycles. The second-order valence-corrected chi connectivity index (χ2v) is 7.01. The largest absolute Gasteiger partial charge is 0.338 e. The summed E-state index contributed by atoms with van der Waals surface area (Å²) < 4.78 is 0. The van der Waals surface area contributed by atoms with Crippen LogP contribution in [0.15, 0.2) is 30.6 Å². The number of nitrogens with one attached hydrogen (secondary N) is 1. The van der Waals surface area contributed by atoms with E-state index in [9.17, 15) is 4.79 Å². The highest BCUT2D eigenvalue weighted by Crippen LogP contribution is 2.22. The Bertz CT molecular complexity index is 746. The molecule has 2 aromatic rings. The molecule has 0 unspecified atom stereocenters. The molecule has 0 radical (unpaired) electrons. The second kappa shape index (κ2) is 7.83. The topological polar surface area (TPSA) is 61.4 Å². The quantitative estimate of drug-likeness (QED) is 0.915. The van der Waals surface area contributed by atoms with Crippen LogP contribution in [0.4, 0.5) is 11.6 Å². The lowest BCUT2D eigenvalue weighted by molar-refractivity contribution is -0.120. The van der Waals surface area contributed by atoms with Gasteiger partial charge in [-0.1, -0.05) is 17.7 Å². The number of carbonyl (C=O) groups excluding carboxylic acids is 1. The van der Waals surface area contributed by atoms with Crippen LogP contribution in [-0.4, -0.2) is 53.0 Å². The van der Waals surface area contributed by atoms with E-state index in [4.69, 9.17) is 0 Å². The maximum absolute atomic E-state index is 12.8. The van der Waals surface area contributed by atoms with E-state index >= 15 is 0 Å². The number of nitrogens with zero attached hydrogens (tertiary/aromatic N) is 4. The molecule has 1 fully saturated rings. The van der Waals surface area contributed by atoms with Crippen molar-refractivity contribution in [2.45, 2.75) is 33.7 Å². The molecule has 0 aliphatic carbocycles. The number of rotatable bonds is 4. The molecule has 26 heavy (non-hydrogen) atoms. The van der Waals surface area contributed by atoms with Gasteiger partial charge in [-0.15, -0.1) is 0 Å². The first-order valence-corrected chi connectivity index (χ1v) is 9.10. The van der Waals surface area contributed by atoms with E-state index in [0.29, 0.717) is 0 Å². The standard InChI is InChI=1S/C20H27N5O/c1-14-12-15(2)18(16(3)13-14)23-19(26)17(4)24-8-10-25(11-9-24)20-21-6-5-7-22-20/h5-7,12-13,17H,8-11H2,1-4H3,(H,23,26)/t17-/m0/s1. The van der Waals surface area contributed by atoms with Gasteiger partial charge >= 0.3 is 0 Å². The highest BCUT2D eigenvalue weighted by molar-refractivity contribution is 5.96. The number of aryl methyl sites for hydroxylation is 3. The molecule has 1 aromatic carbocycles. The average molecular weight is 353 g/mol. The summed E-state index contributed by atoms with van der Waals surface area (Å²) in [7, 11) is 0. The Labute approximate surface area is 155 Å². The van der Waals surface area contributed by atoms with Crippen molar-refractivity contribution >= 4 is 17.5 Å². The van der Waals surface area contributed by atoms with Gasteiger partial charge in [0.05, 0.1) is 6.04 Å². The van der Waals surface area contributed by atoms with Gasteiger partial charge < -0.3 is 10.2 Å². The summed E-state index contributed by atoms with van der Waals surface area (Å²) in [6.45, 7) is 11.4. The molecular formula is C20H27N5O. The van der Waals surface area contributed by atoms with Crippen LogP contribution in [0.5, 0.6) is 0 Å². The highest BCUT2D eigenvalue weighted by atomic mass is 16.2. The lowest BCUT2D eigenvalue weighted by Gasteiger charge is -2.37. The van der Waals surface area contributed by atoms with Gasteiger partial charge in [-0.2, -0.15) is 0 Å². The minimum atomic E-state index is -0.172. The minimum absolute atomic E-state index is 0.0458. The molecule has 0 saturated carbocycles. The van der Waals surface area contributed by atoms with E-state index in [2.05, 4.69) is 44.1 Å². The summed E-state index contributed by atoms with van der Waals surface area (Å²) in [5.74, 6) is 0.805. The fourth-order valence-electron chi connectivity index (χ4n) is 3.53. The van der Waals surface area contributed by atoms with Crippen molar-refractivity contribution in [1.29, 1.82) is 0 Å². The number of benzene rings is 1. The molecule has 0 spiro atoms. The zero-order chi connectivity index (χ0) is 18.7. The van der Waals surface area contributed by atoms with Crippen molar-refractivity contribution in [2.24, 2.45) is 0 Å². The number of piperazine rings is 1. The number of aromatic nitrogens is 2. The van der Waals surface area contributed by atoms with Gasteiger partial charge in [-0.25, -0.2) is 9.97 Å². The monoisotopic (exact) mass is 353 g/mol. The normalized spacial score (nSPS) is 16.4. The van der Waals surface area contributed by atoms with Gasteiger partial charge in [0.2, 0.25) is 11.9 Å². The van der Waals surface area contributed by atoms with Crippen LogP contribution < -0.4 is 10.2 Å². The van der Waals surface area contributed by atoms with Crippen LogP contribution in [0.1, 0.15) is 23.6 Å². The fraction of sp³-hybridized carbons (Fsp3) is 0.450. The van der Waals surface area contributed by atoms with Crippen LogP contribution in [0, 0.1) is 20.8 Å². The van der Waals surface area contributed by atoms with E-state index in [1.54, 1.807) is 12.4 Å². The third-order valence-corrected chi connectivity index (χ3v) is 5.00. The number of anilines is 2. The van der Waals surface area contributed by atoms with E-state index in [0.717, 1.165) is 48.9 Å².